The molecule has 0 unspecified atom stereocenters. The maximum Gasteiger partial charge on any atom is 0.118 e. The number of hydrogen-bond acceptors (Lipinski definition) is 3. The summed E-state index contributed by atoms with van der Waals surface area (Å²) >= 11 is 0. The molecule has 1 fully saturated rings. The van der Waals surface area contributed by atoms with Crippen LogP contribution in [0, 0.1) is 0 Å². The smallest absolute Gasteiger partial charge is 0.118 e. The highest BCUT2D eigenvalue weighted by Crippen LogP contribution is 2.12. The fourth-order valence-corrected chi connectivity index (χ4v) is 3.25. The lowest BCUT2D eigenvalue weighted by Crippen LogP contribution is -2.47. The Balaban J connectivity index is 0.00000169. The molecule has 0 N–H and O–H groups in total. The van der Waals surface area contributed by atoms with Crippen molar-refractivity contribution in [1.82, 2.24) is 9.80 Å². The summed E-state index contributed by atoms with van der Waals surface area (Å²) in [4.78, 5) is 5.18. The molecule has 1 heterocycles. The Hall–Kier alpha value is -1.26. The summed E-state index contributed by atoms with van der Waals surface area (Å²) in [5.41, 5.74) is 2.83. The van der Waals surface area contributed by atoms with Gasteiger partial charge in [0.15, 0.2) is 0 Å². The molecule has 144 valence electrons. The molecule has 26 heavy (non-hydrogen) atoms. The molecule has 0 amide bonds. The Labute approximate surface area is 170 Å². The molecule has 1 aliphatic heterocycles. The third-order valence-electron chi connectivity index (χ3n) is 4.90. The van der Waals surface area contributed by atoms with E-state index in [0.717, 1.165) is 25.1 Å². The zero-order chi connectivity index (χ0) is 16.6. The van der Waals surface area contributed by atoms with Crippen LogP contribution < -0.4 is 4.74 Å². The zero-order valence-corrected chi connectivity index (χ0v) is 17.1. The van der Waals surface area contributed by atoms with Gasteiger partial charge >= 0.3 is 0 Å². The summed E-state index contributed by atoms with van der Waals surface area (Å²) in [6, 6.07) is 19.3. The van der Waals surface area contributed by atoms with Gasteiger partial charge in [-0.1, -0.05) is 42.5 Å². The van der Waals surface area contributed by atoms with Gasteiger partial charge in [-0.3, -0.25) is 0 Å². The lowest BCUT2D eigenvalue weighted by Gasteiger charge is -2.34. The van der Waals surface area contributed by atoms with Crippen LogP contribution in [0.5, 0.6) is 5.75 Å². The highest BCUT2D eigenvalue weighted by molar-refractivity contribution is 5.85. The zero-order valence-electron chi connectivity index (χ0n) is 15.5. The van der Waals surface area contributed by atoms with Crippen molar-refractivity contribution < 1.29 is 4.74 Å². The first-order valence-corrected chi connectivity index (χ1v) is 8.95. The monoisotopic (exact) mass is 396 g/mol. The molecule has 0 aromatic heterocycles. The van der Waals surface area contributed by atoms with E-state index in [2.05, 4.69) is 64.4 Å². The summed E-state index contributed by atoms with van der Waals surface area (Å²) < 4.78 is 5.21. The van der Waals surface area contributed by atoms with E-state index in [-0.39, 0.29) is 24.8 Å². The molecule has 0 saturated carbocycles. The van der Waals surface area contributed by atoms with Crippen LogP contribution in [-0.2, 0) is 12.8 Å². The topological polar surface area (TPSA) is 15.7 Å². The van der Waals surface area contributed by atoms with E-state index in [1.54, 1.807) is 7.11 Å². The molecular formula is C21H30Cl2N2O. The fraction of sp³-hybridized carbons (Fsp3) is 0.429. The lowest BCUT2D eigenvalue weighted by atomic mass is 10.1. The van der Waals surface area contributed by atoms with Crippen LogP contribution in [0.1, 0.15) is 11.1 Å². The van der Waals surface area contributed by atoms with E-state index in [4.69, 9.17) is 4.74 Å². The number of hydrogen-bond donors (Lipinski definition) is 0. The van der Waals surface area contributed by atoms with E-state index in [1.807, 2.05) is 0 Å². The highest BCUT2D eigenvalue weighted by Gasteiger charge is 2.16. The van der Waals surface area contributed by atoms with E-state index in [9.17, 15) is 0 Å². The molecule has 1 saturated heterocycles. The predicted molar refractivity (Wildman–Crippen MR) is 114 cm³/mol. The van der Waals surface area contributed by atoms with Gasteiger partial charge in [-0.15, -0.1) is 24.8 Å². The van der Waals surface area contributed by atoms with Gasteiger partial charge in [0.1, 0.15) is 5.75 Å². The van der Waals surface area contributed by atoms with E-state index in [1.165, 1.54) is 43.9 Å². The first-order chi connectivity index (χ1) is 11.8. The number of piperazine rings is 1. The molecule has 3 nitrogen and oxygen atoms in total. The van der Waals surface area contributed by atoms with Crippen molar-refractivity contribution in [2.24, 2.45) is 0 Å². The minimum atomic E-state index is 0. The Bertz CT molecular complexity index is 599. The molecular weight excluding hydrogens is 367 g/mol. The summed E-state index contributed by atoms with van der Waals surface area (Å²) in [7, 11) is 1.71. The lowest BCUT2D eigenvalue weighted by molar-refractivity contribution is 0.134. The maximum absolute atomic E-state index is 5.21. The molecule has 2 aromatic rings. The molecule has 1 aliphatic rings. The Morgan fingerprint density at radius 3 is 1.62 bits per heavy atom. The second-order valence-corrected chi connectivity index (χ2v) is 6.52. The van der Waals surface area contributed by atoms with Gasteiger partial charge in [-0.2, -0.15) is 0 Å². The van der Waals surface area contributed by atoms with Gasteiger partial charge in [-0.25, -0.2) is 0 Å². The van der Waals surface area contributed by atoms with Crippen LogP contribution >= 0.6 is 24.8 Å². The van der Waals surface area contributed by atoms with E-state index < -0.39 is 0 Å². The van der Waals surface area contributed by atoms with Crippen molar-refractivity contribution in [1.29, 1.82) is 0 Å². The van der Waals surface area contributed by atoms with Gasteiger partial charge in [0, 0.05) is 39.3 Å². The van der Waals surface area contributed by atoms with Crippen LogP contribution in [0.2, 0.25) is 0 Å². The van der Waals surface area contributed by atoms with E-state index >= 15 is 0 Å². The minimum Gasteiger partial charge on any atom is -0.497 e. The number of rotatable bonds is 7. The summed E-state index contributed by atoms with van der Waals surface area (Å²) in [5.74, 6) is 0.936. The Morgan fingerprint density at radius 2 is 1.15 bits per heavy atom. The van der Waals surface area contributed by atoms with Crippen molar-refractivity contribution in [3.8, 4) is 5.75 Å². The number of nitrogens with zero attached hydrogens (tertiary/aromatic N) is 2. The third kappa shape index (κ3) is 7.16. The van der Waals surface area contributed by atoms with Crippen LogP contribution in [0.3, 0.4) is 0 Å². The van der Waals surface area contributed by atoms with Crippen LogP contribution in [-0.4, -0.2) is 56.2 Å². The summed E-state index contributed by atoms with van der Waals surface area (Å²) in [6.07, 6.45) is 2.28. The SMILES string of the molecule is COc1ccc(CCN2CCN(CCc3ccccc3)CC2)cc1.Cl.Cl. The van der Waals surface area contributed by atoms with Crippen molar-refractivity contribution >= 4 is 24.8 Å². The van der Waals surface area contributed by atoms with Crippen LogP contribution in [0.15, 0.2) is 54.6 Å². The number of methoxy groups -OCH3 is 1. The Kier molecular flexibility index (Phi) is 10.7. The first-order valence-electron chi connectivity index (χ1n) is 8.95. The van der Waals surface area contributed by atoms with Gasteiger partial charge < -0.3 is 14.5 Å². The molecule has 0 atom stereocenters. The number of halogens is 2. The average Bonchev–Trinajstić information content (AvgIpc) is 2.67. The molecule has 0 bridgehead atoms. The van der Waals surface area contributed by atoms with Crippen molar-refractivity contribution in [2.75, 3.05) is 46.4 Å². The van der Waals surface area contributed by atoms with E-state index in [0.29, 0.717) is 0 Å². The highest BCUT2D eigenvalue weighted by atomic mass is 35.5. The Morgan fingerprint density at radius 1 is 0.692 bits per heavy atom. The third-order valence-corrected chi connectivity index (χ3v) is 4.90. The molecule has 3 rings (SSSR count). The molecule has 0 radical (unpaired) electrons. The second-order valence-electron chi connectivity index (χ2n) is 6.52. The summed E-state index contributed by atoms with van der Waals surface area (Å²) in [5, 5.41) is 0. The van der Waals surface area contributed by atoms with Crippen molar-refractivity contribution in [2.45, 2.75) is 12.8 Å². The van der Waals surface area contributed by atoms with Crippen LogP contribution in [0.25, 0.3) is 0 Å². The average molecular weight is 397 g/mol. The quantitative estimate of drug-likeness (QED) is 0.704. The normalized spacial score (nSPS) is 15.0. The molecule has 2 aromatic carbocycles. The summed E-state index contributed by atoms with van der Waals surface area (Å²) in [6.45, 7) is 7.08. The van der Waals surface area contributed by atoms with Gasteiger partial charge in [-0.05, 0) is 36.1 Å². The number of benzene rings is 2. The standard InChI is InChI=1S/C21H28N2O.2ClH/c1-24-21-9-7-20(8-10-21)12-14-23-17-15-22(16-18-23)13-11-19-5-3-2-4-6-19;;/h2-10H,11-18H2,1H3;2*1H. The van der Waals surface area contributed by atoms with Gasteiger partial charge in [0.25, 0.3) is 0 Å². The van der Waals surface area contributed by atoms with Crippen LogP contribution in [0.4, 0.5) is 0 Å². The largest absolute Gasteiger partial charge is 0.497 e. The van der Waals surface area contributed by atoms with Crippen molar-refractivity contribution in [3.05, 3.63) is 65.7 Å². The van der Waals surface area contributed by atoms with Gasteiger partial charge in [0.2, 0.25) is 0 Å². The first kappa shape index (κ1) is 22.8. The van der Waals surface area contributed by atoms with Gasteiger partial charge in [0.05, 0.1) is 7.11 Å². The second kappa shape index (κ2) is 12.2. The minimum absolute atomic E-state index is 0. The number of ether oxygens (including phenoxy) is 1. The predicted octanol–water partition coefficient (Wildman–Crippen LogP) is 3.94. The molecule has 5 heteroatoms. The molecule has 0 spiro atoms. The molecule has 0 aliphatic carbocycles. The fourth-order valence-electron chi connectivity index (χ4n) is 3.25. The maximum atomic E-state index is 5.21. The van der Waals surface area contributed by atoms with Crippen molar-refractivity contribution in [3.63, 3.8) is 0 Å².